The Morgan fingerprint density at radius 3 is 2.95 bits per heavy atom. The largest absolute Gasteiger partial charge is 0.489 e. The van der Waals surface area contributed by atoms with E-state index in [4.69, 9.17) is 15.2 Å². The number of nitrogens with two attached hydrogens (primary N) is 1. The Morgan fingerprint density at radius 1 is 1.14 bits per heavy atom. The molecule has 3 nitrogen and oxygen atoms in total. The molecule has 2 N–H and O–H groups in total. The van der Waals surface area contributed by atoms with Crippen molar-refractivity contribution in [2.75, 3.05) is 6.61 Å². The average Bonchev–Trinajstić information content (AvgIpc) is 3.09. The normalized spacial score (nSPS) is 22.5. The Balaban J connectivity index is 1.45. The van der Waals surface area contributed by atoms with E-state index in [-0.39, 0.29) is 12.1 Å². The van der Waals surface area contributed by atoms with E-state index in [1.807, 2.05) is 24.3 Å². The fourth-order valence-electron chi connectivity index (χ4n) is 3.32. The summed E-state index contributed by atoms with van der Waals surface area (Å²) in [5.41, 5.74) is 9.90. The van der Waals surface area contributed by atoms with Crippen LogP contribution in [0, 0.1) is 0 Å². The van der Waals surface area contributed by atoms with Crippen molar-refractivity contribution in [3.8, 4) is 11.5 Å². The second-order valence-electron chi connectivity index (χ2n) is 5.83. The maximum atomic E-state index is 6.11. The molecule has 0 saturated heterocycles. The molecule has 0 aromatic heterocycles. The monoisotopic (exact) mass is 281 g/mol. The van der Waals surface area contributed by atoms with Crippen LogP contribution in [0.3, 0.4) is 0 Å². The maximum absolute atomic E-state index is 6.11. The van der Waals surface area contributed by atoms with Gasteiger partial charge >= 0.3 is 0 Å². The predicted octanol–water partition coefficient (Wildman–Crippen LogP) is 3.02. The molecule has 0 fully saturated rings. The van der Waals surface area contributed by atoms with Crippen molar-refractivity contribution in [2.45, 2.75) is 31.4 Å². The van der Waals surface area contributed by atoms with Gasteiger partial charge in [0.25, 0.3) is 0 Å². The topological polar surface area (TPSA) is 44.5 Å². The Kier molecular flexibility index (Phi) is 3.08. The summed E-state index contributed by atoms with van der Waals surface area (Å²) in [6, 6.07) is 14.5. The lowest BCUT2D eigenvalue weighted by Crippen LogP contribution is -2.22. The van der Waals surface area contributed by atoms with Gasteiger partial charge in [-0.2, -0.15) is 0 Å². The van der Waals surface area contributed by atoms with Crippen molar-refractivity contribution < 1.29 is 9.47 Å². The second kappa shape index (κ2) is 5.08. The van der Waals surface area contributed by atoms with Crippen molar-refractivity contribution >= 4 is 0 Å². The summed E-state index contributed by atoms with van der Waals surface area (Å²) >= 11 is 0. The lowest BCUT2D eigenvalue weighted by molar-refractivity contribution is 0.148. The van der Waals surface area contributed by atoms with Crippen LogP contribution in [-0.2, 0) is 12.8 Å². The first-order chi connectivity index (χ1) is 10.3. The number of benzene rings is 2. The van der Waals surface area contributed by atoms with E-state index in [0.717, 1.165) is 30.8 Å². The zero-order valence-corrected chi connectivity index (χ0v) is 11.9. The minimum Gasteiger partial charge on any atom is -0.489 e. The van der Waals surface area contributed by atoms with Crippen LogP contribution >= 0.6 is 0 Å². The molecule has 1 heterocycles. The molecule has 0 saturated carbocycles. The lowest BCUT2D eigenvalue weighted by atomic mass is 10.1. The van der Waals surface area contributed by atoms with Crippen molar-refractivity contribution in [3.05, 3.63) is 59.2 Å². The molecular weight excluding hydrogens is 262 g/mol. The van der Waals surface area contributed by atoms with Gasteiger partial charge in [-0.3, -0.25) is 0 Å². The van der Waals surface area contributed by atoms with Gasteiger partial charge in [0.1, 0.15) is 24.2 Å². The molecule has 2 aromatic carbocycles. The fraction of sp³-hybridized carbons (Fsp3) is 0.333. The Labute approximate surface area is 124 Å². The summed E-state index contributed by atoms with van der Waals surface area (Å²) in [4.78, 5) is 0. The minimum absolute atomic E-state index is 0.105. The van der Waals surface area contributed by atoms with Crippen LogP contribution < -0.4 is 15.2 Å². The maximum Gasteiger partial charge on any atom is 0.137 e. The van der Waals surface area contributed by atoms with Gasteiger partial charge in [0.15, 0.2) is 0 Å². The Bertz CT molecular complexity index is 643. The van der Waals surface area contributed by atoms with Crippen LogP contribution in [0.15, 0.2) is 42.5 Å². The molecule has 21 heavy (non-hydrogen) atoms. The molecule has 4 rings (SSSR count). The standard InChI is InChI=1S/C18H19NO2/c19-16-9-8-15-14(16)5-3-7-18(15)20-11-13-10-12-4-1-2-6-17(12)21-13/h1-7,13,16H,8-11,19H2. The molecule has 3 heteroatoms. The van der Waals surface area contributed by atoms with Crippen LogP contribution in [-0.4, -0.2) is 12.7 Å². The Hall–Kier alpha value is -2.00. The molecule has 2 aliphatic rings. The van der Waals surface area contributed by atoms with Gasteiger partial charge in [-0.1, -0.05) is 30.3 Å². The van der Waals surface area contributed by atoms with Gasteiger partial charge in [0.05, 0.1) is 0 Å². The third-order valence-corrected chi connectivity index (χ3v) is 4.41. The number of hydrogen-bond acceptors (Lipinski definition) is 3. The van der Waals surface area contributed by atoms with Gasteiger partial charge in [-0.25, -0.2) is 0 Å². The highest BCUT2D eigenvalue weighted by Gasteiger charge is 2.25. The third-order valence-electron chi connectivity index (χ3n) is 4.41. The van der Waals surface area contributed by atoms with E-state index in [0.29, 0.717) is 6.61 Å². The fourth-order valence-corrected chi connectivity index (χ4v) is 3.32. The van der Waals surface area contributed by atoms with E-state index in [9.17, 15) is 0 Å². The number of hydrogen-bond donors (Lipinski definition) is 1. The van der Waals surface area contributed by atoms with E-state index >= 15 is 0 Å². The van der Waals surface area contributed by atoms with E-state index in [1.165, 1.54) is 16.7 Å². The van der Waals surface area contributed by atoms with E-state index in [2.05, 4.69) is 18.2 Å². The SMILES string of the molecule is NC1CCc2c(OCC3Cc4ccccc4O3)cccc21. The van der Waals surface area contributed by atoms with Crippen molar-refractivity contribution in [1.82, 2.24) is 0 Å². The number of para-hydroxylation sites is 1. The van der Waals surface area contributed by atoms with Gasteiger partial charge in [-0.05, 0) is 41.7 Å². The summed E-state index contributed by atoms with van der Waals surface area (Å²) in [5, 5.41) is 0. The molecule has 0 radical (unpaired) electrons. The summed E-state index contributed by atoms with van der Waals surface area (Å²) < 4.78 is 12.0. The van der Waals surface area contributed by atoms with Crippen LogP contribution in [0.2, 0.25) is 0 Å². The van der Waals surface area contributed by atoms with E-state index in [1.54, 1.807) is 0 Å². The van der Waals surface area contributed by atoms with Gasteiger partial charge in [0.2, 0.25) is 0 Å². The van der Waals surface area contributed by atoms with Crippen molar-refractivity contribution in [3.63, 3.8) is 0 Å². The van der Waals surface area contributed by atoms with Crippen LogP contribution in [0.1, 0.15) is 29.2 Å². The van der Waals surface area contributed by atoms with Gasteiger partial charge in [0, 0.05) is 12.5 Å². The molecule has 1 aliphatic carbocycles. The molecule has 0 spiro atoms. The van der Waals surface area contributed by atoms with Crippen LogP contribution in [0.25, 0.3) is 0 Å². The second-order valence-corrected chi connectivity index (χ2v) is 5.83. The molecule has 0 bridgehead atoms. The van der Waals surface area contributed by atoms with Crippen LogP contribution in [0.4, 0.5) is 0 Å². The highest BCUT2D eigenvalue weighted by atomic mass is 16.5. The summed E-state index contributed by atoms with van der Waals surface area (Å²) in [5.74, 6) is 1.96. The highest BCUT2D eigenvalue weighted by Crippen LogP contribution is 2.36. The average molecular weight is 281 g/mol. The zero-order valence-electron chi connectivity index (χ0n) is 11.9. The predicted molar refractivity (Wildman–Crippen MR) is 81.7 cm³/mol. The summed E-state index contributed by atoms with van der Waals surface area (Å²) in [6.45, 7) is 0.584. The lowest BCUT2D eigenvalue weighted by Gasteiger charge is -2.15. The van der Waals surface area contributed by atoms with Gasteiger partial charge < -0.3 is 15.2 Å². The van der Waals surface area contributed by atoms with Gasteiger partial charge in [-0.15, -0.1) is 0 Å². The minimum atomic E-state index is 0.105. The first-order valence-electron chi connectivity index (χ1n) is 7.56. The number of ether oxygens (including phenoxy) is 2. The van der Waals surface area contributed by atoms with Crippen molar-refractivity contribution in [1.29, 1.82) is 0 Å². The first-order valence-corrected chi connectivity index (χ1v) is 7.56. The first kappa shape index (κ1) is 12.7. The van der Waals surface area contributed by atoms with E-state index < -0.39 is 0 Å². The number of rotatable bonds is 3. The molecule has 0 amide bonds. The molecule has 108 valence electrons. The third kappa shape index (κ3) is 2.28. The molecular formula is C18H19NO2. The number of fused-ring (bicyclic) bond motifs is 2. The highest BCUT2D eigenvalue weighted by molar-refractivity contribution is 5.45. The smallest absolute Gasteiger partial charge is 0.137 e. The summed E-state index contributed by atoms with van der Waals surface area (Å²) in [6.07, 6.45) is 3.05. The van der Waals surface area contributed by atoms with Crippen LogP contribution in [0.5, 0.6) is 11.5 Å². The quantitative estimate of drug-likeness (QED) is 0.940. The Morgan fingerprint density at radius 2 is 2.05 bits per heavy atom. The molecule has 2 atom stereocenters. The zero-order chi connectivity index (χ0) is 14.2. The molecule has 1 aliphatic heterocycles. The molecule has 2 unspecified atom stereocenters. The summed E-state index contributed by atoms with van der Waals surface area (Å²) in [7, 11) is 0. The van der Waals surface area contributed by atoms with Crippen molar-refractivity contribution in [2.24, 2.45) is 5.73 Å². The molecule has 2 aromatic rings.